The summed E-state index contributed by atoms with van der Waals surface area (Å²) in [7, 11) is 0. The lowest BCUT2D eigenvalue weighted by Gasteiger charge is -2.19. The highest BCUT2D eigenvalue weighted by molar-refractivity contribution is 6.24. The molecule has 1 aliphatic rings. The molecular formula is C13H12FNO4. The molecule has 0 spiro atoms. The molecule has 5 nitrogen and oxygen atoms in total. The van der Waals surface area contributed by atoms with Gasteiger partial charge in [0.25, 0.3) is 0 Å². The molecule has 6 heteroatoms. The number of hydrogen-bond donors (Lipinski definition) is 1. The van der Waals surface area contributed by atoms with Gasteiger partial charge in [0.1, 0.15) is 5.82 Å². The van der Waals surface area contributed by atoms with Crippen molar-refractivity contribution < 1.29 is 23.9 Å². The summed E-state index contributed by atoms with van der Waals surface area (Å²) >= 11 is 0. The molecule has 1 heterocycles. The van der Waals surface area contributed by atoms with E-state index in [1.165, 1.54) is 0 Å². The van der Waals surface area contributed by atoms with E-state index >= 15 is 0 Å². The Morgan fingerprint density at radius 3 is 2.47 bits per heavy atom. The fraction of sp³-hybridized carbons (Fsp3) is 0.308. The number of amides is 2. The van der Waals surface area contributed by atoms with Crippen LogP contribution in [0.25, 0.3) is 0 Å². The Labute approximate surface area is 108 Å². The zero-order chi connectivity index (χ0) is 14.4. The van der Waals surface area contributed by atoms with Crippen LogP contribution >= 0.6 is 0 Å². The van der Waals surface area contributed by atoms with E-state index in [2.05, 4.69) is 0 Å². The summed E-state index contributed by atoms with van der Waals surface area (Å²) in [5.74, 6) is -3.07. The van der Waals surface area contributed by atoms with E-state index in [-0.39, 0.29) is 17.7 Å². The molecular weight excluding hydrogens is 253 g/mol. The Hall–Kier alpha value is -2.24. The molecule has 1 aromatic rings. The van der Waals surface area contributed by atoms with Crippen molar-refractivity contribution >= 4 is 23.5 Å². The molecule has 1 N–H and O–H groups in total. The third-order valence-corrected chi connectivity index (χ3v) is 3.06. The molecule has 1 aliphatic heterocycles. The molecule has 0 saturated carbocycles. The minimum absolute atomic E-state index is 0.0264. The number of aromatic carboxylic acids is 1. The summed E-state index contributed by atoms with van der Waals surface area (Å²) < 4.78 is 13.3. The first-order valence-electron chi connectivity index (χ1n) is 5.64. The van der Waals surface area contributed by atoms with Crippen molar-refractivity contribution in [3.05, 3.63) is 29.6 Å². The highest BCUT2D eigenvalue weighted by atomic mass is 19.1. The van der Waals surface area contributed by atoms with Crippen LogP contribution in [0.4, 0.5) is 10.1 Å². The summed E-state index contributed by atoms with van der Waals surface area (Å²) in [6, 6.07) is 2.91. The van der Waals surface area contributed by atoms with Gasteiger partial charge >= 0.3 is 5.97 Å². The molecule has 19 heavy (non-hydrogen) atoms. The molecule has 1 saturated heterocycles. The van der Waals surface area contributed by atoms with Crippen molar-refractivity contribution in [2.75, 3.05) is 4.90 Å². The van der Waals surface area contributed by atoms with E-state index < -0.39 is 29.0 Å². The Kier molecular flexibility index (Phi) is 2.88. The van der Waals surface area contributed by atoms with Crippen LogP contribution in [0.1, 0.15) is 30.6 Å². The molecule has 0 atom stereocenters. The SMILES string of the molecule is CC1(C)CC(=O)N(c2cc(F)ccc2C(=O)O)C1=O. The van der Waals surface area contributed by atoms with Crippen LogP contribution < -0.4 is 4.90 Å². The number of anilines is 1. The van der Waals surface area contributed by atoms with Gasteiger partial charge in [-0.3, -0.25) is 9.59 Å². The zero-order valence-electron chi connectivity index (χ0n) is 10.4. The zero-order valence-corrected chi connectivity index (χ0v) is 10.4. The maximum Gasteiger partial charge on any atom is 0.337 e. The Morgan fingerprint density at radius 2 is 2.00 bits per heavy atom. The number of halogens is 1. The molecule has 2 amide bonds. The van der Waals surface area contributed by atoms with E-state index in [9.17, 15) is 18.8 Å². The molecule has 0 aliphatic carbocycles. The molecule has 0 radical (unpaired) electrons. The number of carbonyl (C=O) groups excluding carboxylic acids is 2. The molecule has 0 unspecified atom stereocenters. The summed E-state index contributed by atoms with van der Waals surface area (Å²) in [5, 5.41) is 9.05. The molecule has 1 aromatic carbocycles. The maximum atomic E-state index is 13.3. The van der Waals surface area contributed by atoms with Gasteiger partial charge in [0.2, 0.25) is 11.8 Å². The quantitative estimate of drug-likeness (QED) is 0.827. The van der Waals surface area contributed by atoms with E-state index in [1.54, 1.807) is 13.8 Å². The van der Waals surface area contributed by atoms with E-state index in [4.69, 9.17) is 5.11 Å². The van der Waals surface area contributed by atoms with Gasteiger partial charge in [-0.1, -0.05) is 13.8 Å². The predicted octanol–water partition coefficient (Wildman–Crippen LogP) is 1.81. The van der Waals surface area contributed by atoms with Crippen LogP contribution in [-0.2, 0) is 9.59 Å². The molecule has 0 bridgehead atoms. The standard InChI is InChI=1S/C13H12FNO4/c1-13(2)6-10(16)15(12(13)19)9-5-7(14)3-4-8(9)11(17)18/h3-5H,6H2,1-2H3,(H,17,18). The minimum Gasteiger partial charge on any atom is -0.478 e. The largest absolute Gasteiger partial charge is 0.478 e. The highest BCUT2D eigenvalue weighted by Crippen LogP contribution is 2.36. The van der Waals surface area contributed by atoms with E-state index in [0.29, 0.717) is 0 Å². The van der Waals surface area contributed by atoms with E-state index in [1.807, 2.05) is 0 Å². The predicted molar refractivity (Wildman–Crippen MR) is 64.3 cm³/mol. The number of carboxylic acids is 1. The van der Waals surface area contributed by atoms with Gasteiger partial charge in [0, 0.05) is 6.42 Å². The van der Waals surface area contributed by atoms with Crippen LogP contribution in [0.15, 0.2) is 18.2 Å². The van der Waals surface area contributed by atoms with Gasteiger partial charge < -0.3 is 5.11 Å². The second kappa shape index (κ2) is 4.15. The second-order valence-corrected chi connectivity index (χ2v) is 5.06. The lowest BCUT2D eigenvalue weighted by atomic mass is 9.92. The first-order chi connectivity index (χ1) is 8.74. The van der Waals surface area contributed by atoms with Gasteiger partial charge in [-0.25, -0.2) is 14.1 Å². The minimum atomic E-state index is -1.32. The van der Waals surface area contributed by atoms with Crippen molar-refractivity contribution in [2.24, 2.45) is 5.41 Å². The fourth-order valence-corrected chi connectivity index (χ4v) is 2.06. The number of carbonyl (C=O) groups is 3. The first kappa shape index (κ1) is 13.2. The second-order valence-electron chi connectivity index (χ2n) is 5.06. The van der Waals surface area contributed by atoms with Gasteiger partial charge in [-0.15, -0.1) is 0 Å². The van der Waals surface area contributed by atoms with Gasteiger partial charge in [-0.2, -0.15) is 0 Å². The summed E-state index contributed by atoms with van der Waals surface area (Å²) in [6.45, 7) is 3.18. The van der Waals surface area contributed by atoms with Crippen molar-refractivity contribution in [3.63, 3.8) is 0 Å². The van der Waals surface area contributed by atoms with Crippen LogP contribution in [0.3, 0.4) is 0 Å². The normalized spacial score (nSPS) is 17.9. The average molecular weight is 265 g/mol. The number of hydrogen-bond acceptors (Lipinski definition) is 3. The average Bonchev–Trinajstić information content (AvgIpc) is 2.47. The smallest absolute Gasteiger partial charge is 0.337 e. The van der Waals surface area contributed by atoms with Gasteiger partial charge in [0.05, 0.1) is 16.7 Å². The van der Waals surface area contributed by atoms with Crippen LogP contribution in [-0.4, -0.2) is 22.9 Å². The van der Waals surface area contributed by atoms with Crippen molar-refractivity contribution in [3.8, 4) is 0 Å². The van der Waals surface area contributed by atoms with Crippen molar-refractivity contribution in [1.29, 1.82) is 0 Å². The molecule has 0 aromatic heterocycles. The summed E-state index contributed by atoms with van der Waals surface area (Å²) in [5.41, 5.74) is -1.40. The number of nitrogens with zero attached hydrogens (tertiary/aromatic N) is 1. The molecule has 1 fully saturated rings. The van der Waals surface area contributed by atoms with Crippen LogP contribution in [0.2, 0.25) is 0 Å². The Morgan fingerprint density at radius 1 is 1.37 bits per heavy atom. The molecule has 100 valence electrons. The summed E-state index contributed by atoms with van der Waals surface area (Å²) in [6.07, 6.45) is -0.0264. The Bertz CT molecular complexity index is 594. The van der Waals surface area contributed by atoms with Crippen LogP contribution in [0.5, 0.6) is 0 Å². The van der Waals surface area contributed by atoms with Crippen LogP contribution in [0, 0.1) is 11.2 Å². The molecule has 2 rings (SSSR count). The maximum absolute atomic E-state index is 13.3. The monoisotopic (exact) mass is 265 g/mol. The number of imide groups is 1. The third kappa shape index (κ3) is 2.09. The number of benzene rings is 1. The fourth-order valence-electron chi connectivity index (χ4n) is 2.06. The highest BCUT2D eigenvalue weighted by Gasteiger charge is 2.46. The number of carboxylic acid groups (broad SMARTS) is 1. The Balaban J connectivity index is 2.59. The van der Waals surface area contributed by atoms with Gasteiger partial charge in [0.15, 0.2) is 0 Å². The lowest BCUT2D eigenvalue weighted by Crippen LogP contribution is -2.34. The summed E-state index contributed by atoms with van der Waals surface area (Å²) in [4.78, 5) is 35.8. The number of rotatable bonds is 2. The lowest BCUT2D eigenvalue weighted by molar-refractivity contribution is -0.124. The van der Waals surface area contributed by atoms with Gasteiger partial charge in [-0.05, 0) is 18.2 Å². The first-order valence-corrected chi connectivity index (χ1v) is 5.64. The van der Waals surface area contributed by atoms with E-state index in [0.717, 1.165) is 23.1 Å². The third-order valence-electron chi connectivity index (χ3n) is 3.06. The van der Waals surface area contributed by atoms with Crippen molar-refractivity contribution in [2.45, 2.75) is 20.3 Å². The topological polar surface area (TPSA) is 74.7 Å². The van der Waals surface area contributed by atoms with Crippen molar-refractivity contribution in [1.82, 2.24) is 0 Å².